The van der Waals surface area contributed by atoms with Gasteiger partial charge in [0.15, 0.2) is 5.96 Å². The Morgan fingerprint density at radius 1 is 1.22 bits per heavy atom. The van der Waals surface area contributed by atoms with Gasteiger partial charge < -0.3 is 15.4 Å². The number of fused-ring (bicyclic) bond motifs is 2. The molecule has 2 aliphatic heterocycles. The number of ether oxygens (including phenoxy) is 1. The maximum absolute atomic E-state index is 6.06. The van der Waals surface area contributed by atoms with Crippen molar-refractivity contribution >= 4 is 29.9 Å². The standard InChI is InChI=1S/C21H36N4O.HI/c1-4-22-20(23-16-6-11-25(12-7-16)14-15(2)3)24-18-17-8-13-26-19(17)21(18)9-5-10-21;/h16-19H,2,4-14H2,1,3H3,(H2,22,23,24);1H. The molecule has 154 valence electrons. The highest BCUT2D eigenvalue weighted by atomic mass is 127. The second-order valence-corrected chi connectivity index (χ2v) is 8.93. The first kappa shape index (κ1) is 21.4. The molecule has 0 radical (unpaired) electrons. The van der Waals surface area contributed by atoms with Crippen molar-refractivity contribution in [3.05, 3.63) is 12.2 Å². The SMILES string of the molecule is C=C(C)CN1CCC(NC(=NCC)NC2C3CCOC3C23CCC3)CC1.I. The van der Waals surface area contributed by atoms with Gasteiger partial charge in [-0.2, -0.15) is 0 Å². The highest BCUT2D eigenvalue weighted by Crippen LogP contribution is 2.62. The van der Waals surface area contributed by atoms with E-state index in [-0.39, 0.29) is 24.0 Å². The second-order valence-electron chi connectivity index (χ2n) is 8.93. The predicted octanol–water partition coefficient (Wildman–Crippen LogP) is 3.16. The van der Waals surface area contributed by atoms with Crippen molar-refractivity contribution in [2.75, 3.05) is 32.8 Å². The van der Waals surface area contributed by atoms with Crippen LogP contribution < -0.4 is 10.6 Å². The fourth-order valence-electron chi connectivity index (χ4n) is 5.70. The number of guanidine groups is 1. The van der Waals surface area contributed by atoms with Gasteiger partial charge in [-0.05, 0) is 46.0 Å². The summed E-state index contributed by atoms with van der Waals surface area (Å²) in [7, 11) is 0. The van der Waals surface area contributed by atoms with Gasteiger partial charge >= 0.3 is 0 Å². The summed E-state index contributed by atoms with van der Waals surface area (Å²) in [6, 6.07) is 1.09. The maximum atomic E-state index is 6.06. The van der Waals surface area contributed by atoms with Crippen LogP contribution in [0.25, 0.3) is 0 Å². The monoisotopic (exact) mass is 488 g/mol. The number of piperidine rings is 1. The number of nitrogens with one attached hydrogen (secondary N) is 2. The van der Waals surface area contributed by atoms with Gasteiger partial charge in [-0.3, -0.25) is 9.89 Å². The Bertz CT molecular complexity index is 554. The van der Waals surface area contributed by atoms with E-state index in [0.717, 1.165) is 38.7 Å². The van der Waals surface area contributed by atoms with Crippen LogP contribution in [0, 0.1) is 11.3 Å². The van der Waals surface area contributed by atoms with Gasteiger partial charge in [0.2, 0.25) is 0 Å². The Morgan fingerprint density at radius 2 is 1.96 bits per heavy atom. The molecule has 0 aromatic carbocycles. The molecular weight excluding hydrogens is 451 g/mol. The summed E-state index contributed by atoms with van der Waals surface area (Å²) in [4.78, 5) is 7.29. The molecule has 2 N–H and O–H groups in total. The van der Waals surface area contributed by atoms with Crippen LogP contribution in [0.4, 0.5) is 0 Å². The summed E-state index contributed by atoms with van der Waals surface area (Å²) in [6.07, 6.45) is 8.10. The van der Waals surface area contributed by atoms with Crippen LogP contribution in [-0.2, 0) is 4.74 Å². The topological polar surface area (TPSA) is 48.9 Å². The molecule has 2 heterocycles. The van der Waals surface area contributed by atoms with Gasteiger partial charge in [-0.1, -0.05) is 18.6 Å². The van der Waals surface area contributed by atoms with E-state index in [1.54, 1.807) is 0 Å². The van der Waals surface area contributed by atoms with E-state index in [1.807, 2.05) is 0 Å². The molecule has 4 rings (SSSR count). The van der Waals surface area contributed by atoms with Crippen LogP contribution in [-0.4, -0.2) is 61.8 Å². The molecule has 27 heavy (non-hydrogen) atoms. The molecular formula is C21H37IN4O. The first-order valence-electron chi connectivity index (χ1n) is 10.7. The fraction of sp³-hybridized carbons (Fsp3) is 0.857. The van der Waals surface area contributed by atoms with E-state index >= 15 is 0 Å². The van der Waals surface area contributed by atoms with E-state index in [4.69, 9.17) is 9.73 Å². The smallest absolute Gasteiger partial charge is 0.191 e. The van der Waals surface area contributed by atoms with Crippen LogP contribution >= 0.6 is 24.0 Å². The van der Waals surface area contributed by atoms with Crippen LogP contribution in [0.1, 0.15) is 52.4 Å². The van der Waals surface area contributed by atoms with Crippen molar-refractivity contribution in [3.63, 3.8) is 0 Å². The molecule has 4 aliphatic rings. The number of likely N-dealkylation sites (tertiary alicyclic amines) is 1. The number of halogens is 1. The largest absolute Gasteiger partial charge is 0.377 e. The van der Waals surface area contributed by atoms with Gasteiger partial charge in [0.25, 0.3) is 0 Å². The van der Waals surface area contributed by atoms with E-state index in [9.17, 15) is 0 Å². The molecule has 0 aromatic rings. The minimum Gasteiger partial charge on any atom is -0.377 e. The maximum Gasteiger partial charge on any atom is 0.191 e. The summed E-state index contributed by atoms with van der Waals surface area (Å²) in [5.74, 6) is 1.73. The third kappa shape index (κ3) is 4.17. The fourth-order valence-corrected chi connectivity index (χ4v) is 5.70. The van der Waals surface area contributed by atoms with E-state index in [2.05, 4.69) is 36.0 Å². The zero-order chi connectivity index (χ0) is 18.1. The zero-order valence-electron chi connectivity index (χ0n) is 17.0. The summed E-state index contributed by atoms with van der Waals surface area (Å²) < 4.78 is 6.06. The molecule has 3 atom stereocenters. The van der Waals surface area contributed by atoms with Crippen molar-refractivity contribution in [1.82, 2.24) is 15.5 Å². The van der Waals surface area contributed by atoms with Crippen LogP contribution in [0.15, 0.2) is 17.1 Å². The van der Waals surface area contributed by atoms with Crippen molar-refractivity contribution < 1.29 is 4.74 Å². The van der Waals surface area contributed by atoms with Crippen molar-refractivity contribution in [1.29, 1.82) is 0 Å². The molecule has 6 heteroatoms. The first-order valence-corrected chi connectivity index (χ1v) is 10.7. The molecule has 0 aromatic heterocycles. The average Bonchev–Trinajstić information content (AvgIpc) is 2.98. The van der Waals surface area contributed by atoms with Gasteiger partial charge in [0.05, 0.1) is 6.10 Å². The zero-order valence-corrected chi connectivity index (χ0v) is 19.3. The lowest BCUT2D eigenvalue weighted by Gasteiger charge is -2.63. The molecule has 1 spiro atoms. The second kappa shape index (κ2) is 8.99. The lowest BCUT2D eigenvalue weighted by Crippen LogP contribution is -2.72. The Labute approximate surface area is 181 Å². The highest BCUT2D eigenvalue weighted by molar-refractivity contribution is 14.0. The Balaban J connectivity index is 0.00000210. The van der Waals surface area contributed by atoms with Crippen molar-refractivity contribution in [3.8, 4) is 0 Å². The Kier molecular flexibility index (Phi) is 7.12. The van der Waals surface area contributed by atoms with E-state index in [0.29, 0.717) is 29.5 Å². The van der Waals surface area contributed by atoms with Gasteiger partial charge in [-0.15, -0.1) is 24.0 Å². The third-order valence-corrected chi connectivity index (χ3v) is 7.07. The van der Waals surface area contributed by atoms with Gasteiger partial charge in [0, 0.05) is 56.2 Å². The normalized spacial score (nSPS) is 32.8. The van der Waals surface area contributed by atoms with Crippen molar-refractivity contribution in [2.24, 2.45) is 16.3 Å². The van der Waals surface area contributed by atoms with Gasteiger partial charge in [0.1, 0.15) is 0 Å². The number of nitrogens with zero attached hydrogens (tertiary/aromatic N) is 2. The lowest BCUT2D eigenvalue weighted by molar-refractivity contribution is -0.171. The number of aliphatic imine (C=N–C) groups is 1. The number of rotatable bonds is 5. The van der Waals surface area contributed by atoms with Crippen molar-refractivity contribution in [2.45, 2.75) is 70.6 Å². The summed E-state index contributed by atoms with van der Waals surface area (Å²) >= 11 is 0. The minimum atomic E-state index is 0. The molecule has 3 unspecified atom stereocenters. The molecule has 4 fully saturated rings. The Morgan fingerprint density at radius 3 is 2.56 bits per heavy atom. The summed E-state index contributed by atoms with van der Waals surface area (Å²) in [5.41, 5.74) is 1.66. The molecule has 0 amide bonds. The molecule has 0 bridgehead atoms. The van der Waals surface area contributed by atoms with E-state index in [1.165, 1.54) is 44.1 Å². The Hall–Kier alpha value is -0.340. The molecule has 2 saturated heterocycles. The average molecular weight is 488 g/mol. The molecule has 5 nitrogen and oxygen atoms in total. The summed E-state index contributed by atoms with van der Waals surface area (Å²) in [6.45, 7) is 13.4. The minimum absolute atomic E-state index is 0. The van der Waals surface area contributed by atoms with Crippen LogP contribution in [0.3, 0.4) is 0 Å². The first-order chi connectivity index (χ1) is 12.6. The number of hydrogen-bond acceptors (Lipinski definition) is 3. The molecule has 2 aliphatic carbocycles. The summed E-state index contributed by atoms with van der Waals surface area (Å²) in [5, 5.41) is 7.59. The quantitative estimate of drug-likeness (QED) is 0.270. The highest BCUT2D eigenvalue weighted by Gasteiger charge is 2.66. The lowest BCUT2D eigenvalue weighted by atomic mass is 9.46. The van der Waals surface area contributed by atoms with E-state index < -0.39 is 0 Å². The molecule has 2 saturated carbocycles. The number of hydrogen-bond donors (Lipinski definition) is 2. The van der Waals surface area contributed by atoms with Crippen LogP contribution in [0.2, 0.25) is 0 Å². The third-order valence-electron chi connectivity index (χ3n) is 7.07. The van der Waals surface area contributed by atoms with Crippen LogP contribution in [0.5, 0.6) is 0 Å². The predicted molar refractivity (Wildman–Crippen MR) is 122 cm³/mol. The van der Waals surface area contributed by atoms with Gasteiger partial charge in [-0.25, -0.2) is 0 Å².